The summed E-state index contributed by atoms with van der Waals surface area (Å²) in [6.07, 6.45) is 7.13. The van der Waals surface area contributed by atoms with Gasteiger partial charge in [0.2, 0.25) is 0 Å². The summed E-state index contributed by atoms with van der Waals surface area (Å²) in [6.45, 7) is 8.52. The van der Waals surface area contributed by atoms with Gasteiger partial charge in [0.1, 0.15) is 0 Å². The van der Waals surface area contributed by atoms with Crippen molar-refractivity contribution >= 4 is 6.21 Å². The molecule has 0 amide bonds. The Morgan fingerprint density at radius 3 is 2.73 bits per heavy atom. The predicted octanol–water partition coefficient (Wildman–Crippen LogP) is 2.93. The second kappa shape index (κ2) is 4.26. The minimum atomic E-state index is 0.441. The van der Waals surface area contributed by atoms with Gasteiger partial charge in [0.05, 0.1) is 0 Å². The maximum absolute atomic E-state index is 3.83. The van der Waals surface area contributed by atoms with Crippen LogP contribution in [0.2, 0.25) is 0 Å². The second-order valence-corrected chi connectivity index (χ2v) is 3.78. The first-order valence-corrected chi connectivity index (χ1v) is 5.28. The first kappa shape index (κ1) is 9.91. The van der Waals surface area contributed by atoms with Crippen molar-refractivity contribution in [3.63, 3.8) is 0 Å². The summed E-state index contributed by atoms with van der Waals surface area (Å²) in [5.74, 6) is 0. The quantitative estimate of drug-likeness (QED) is 0.517. The highest BCUT2D eigenvalue weighted by Gasteiger charge is 2.29. The number of benzene rings is 1. The molecule has 0 spiro atoms. The monoisotopic (exact) mass is 198 g/mol. The fourth-order valence-electron chi connectivity index (χ4n) is 2.13. The van der Waals surface area contributed by atoms with Gasteiger partial charge in [0.15, 0.2) is 18.8 Å². The van der Waals surface area contributed by atoms with Gasteiger partial charge in [-0.15, -0.1) is 6.58 Å². The Bertz CT molecular complexity index is 415. The van der Waals surface area contributed by atoms with Crippen molar-refractivity contribution in [2.75, 3.05) is 6.54 Å². The summed E-state index contributed by atoms with van der Waals surface area (Å²) in [5.41, 5.74) is 2.73. The molecule has 1 aromatic carbocycles. The molecule has 0 radical (unpaired) electrons. The largest absolute Gasteiger partial charge is 0.224 e. The van der Waals surface area contributed by atoms with Crippen LogP contribution >= 0.6 is 0 Å². The molecular formula is C14H16N+. The molecule has 1 aliphatic rings. The van der Waals surface area contributed by atoms with Crippen LogP contribution in [0.5, 0.6) is 0 Å². The number of fused-ring (bicyclic) bond motifs is 1. The Morgan fingerprint density at radius 1 is 1.20 bits per heavy atom. The fraction of sp³-hybridized carbons (Fsp3) is 0.214. The standard InChI is InChI=1S/C14H16N/c1-3-7-14-13-9-6-5-8-12(13)11-15(14)10-4-2/h3-6,8-9,11,14H,1-2,7,10H2/q+1. The van der Waals surface area contributed by atoms with Crippen LogP contribution in [0.4, 0.5) is 0 Å². The molecule has 1 heterocycles. The minimum Gasteiger partial charge on any atom is -0.224 e. The van der Waals surface area contributed by atoms with Crippen LogP contribution in [-0.2, 0) is 0 Å². The predicted molar refractivity (Wildman–Crippen MR) is 64.5 cm³/mol. The van der Waals surface area contributed by atoms with E-state index in [2.05, 4.69) is 48.2 Å². The lowest BCUT2D eigenvalue weighted by Crippen LogP contribution is -2.14. The summed E-state index contributed by atoms with van der Waals surface area (Å²) in [4.78, 5) is 0. The summed E-state index contributed by atoms with van der Waals surface area (Å²) >= 11 is 0. The van der Waals surface area contributed by atoms with Crippen molar-refractivity contribution in [2.24, 2.45) is 0 Å². The third-order valence-corrected chi connectivity index (χ3v) is 2.79. The molecule has 1 nitrogen and oxygen atoms in total. The summed E-state index contributed by atoms with van der Waals surface area (Å²) in [6, 6.07) is 8.98. The van der Waals surface area contributed by atoms with Gasteiger partial charge in [-0.3, -0.25) is 0 Å². The van der Waals surface area contributed by atoms with Gasteiger partial charge < -0.3 is 0 Å². The van der Waals surface area contributed by atoms with E-state index in [-0.39, 0.29) is 0 Å². The average Bonchev–Trinajstić information content (AvgIpc) is 2.59. The first-order chi connectivity index (χ1) is 7.36. The molecule has 1 aromatic rings. The van der Waals surface area contributed by atoms with Crippen LogP contribution in [0.3, 0.4) is 0 Å². The summed E-state index contributed by atoms with van der Waals surface area (Å²) in [7, 11) is 0. The zero-order chi connectivity index (χ0) is 10.7. The Labute approximate surface area is 91.1 Å². The normalized spacial score (nSPS) is 18.1. The molecule has 0 bridgehead atoms. The van der Waals surface area contributed by atoms with Crippen molar-refractivity contribution in [1.29, 1.82) is 0 Å². The maximum Gasteiger partial charge on any atom is 0.182 e. The molecular weight excluding hydrogens is 182 g/mol. The van der Waals surface area contributed by atoms with E-state index in [1.807, 2.05) is 12.2 Å². The van der Waals surface area contributed by atoms with Gasteiger partial charge in [0.25, 0.3) is 0 Å². The van der Waals surface area contributed by atoms with E-state index >= 15 is 0 Å². The molecule has 76 valence electrons. The van der Waals surface area contributed by atoms with Gasteiger partial charge in [-0.1, -0.05) is 30.9 Å². The zero-order valence-electron chi connectivity index (χ0n) is 8.89. The molecule has 0 saturated carbocycles. The molecule has 0 aliphatic carbocycles. The van der Waals surface area contributed by atoms with Crippen LogP contribution in [-0.4, -0.2) is 17.3 Å². The van der Waals surface area contributed by atoms with E-state index in [0.717, 1.165) is 13.0 Å². The lowest BCUT2D eigenvalue weighted by Gasteiger charge is -2.08. The third-order valence-electron chi connectivity index (χ3n) is 2.79. The highest BCUT2D eigenvalue weighted by Crippen LogP contribution is 2.28. The second-order valence-electron chi connectivity index (χ2n) is 3.78. The van der Waals surface area contributed by atoms with Gasteiger partial charge in [-0.2, -0.15) is 0 Å². The van der Waals surface area contributed by atoms with Crippen molar-refractivity contribution in [1.82, 2.24) is 0 Å². The fourth-order valence-corrected chi connectivity index (χ4v) is 2.13. The Hall–Kier alpha value is -1.63. The molecule has 15 heavy (non-hydrogen) atoms. The molecule has 1 aliphatic heterocycles. The molecule has 0 fully saturated rings. The first-order valence-electron chi connectivity index (χ1n) is 5.28. The average molecular weight is 198 g/mol. The van der Waals surface area contributed by atoms with E-state index in [1.54, 1.807) is 0 Å². The van der Waals surface area contributed by atoms with Crippen molar-refractivity contribution < 1.29 is 4.58 Å². The van der Waals surface area contributed by atoms with Gasteiger partial charge in [-0.25, -0.2) is 4.58 Å². The van der Waals surface area contributed by atoms with Crippen molar-refractivity contribution in [2.45, 2.75) is 12.5 Å². The molecule has 1 atom stereocenters. The van der Waals surface area contributed by atoms with Crippen LogP contribution < -0.4 is 0 Å². The summed E-state index contributed by atoms with van der Waals surface area (Å²) < 4.78 is 2.32. The number of hydrogen-bond acceptors (Lipinski definition) is 0. The van der Waals surface area contributed by atoms with Gasteiger partial charge in [-0.05, 0) is 12.1 Å². The van der Waals surface area contributed by atoms with Crippen LogP contribution in [0.1, 0.15) is 23.6 Å². The van der Waals surface area contributed by atoms with Crippen LogP contribution in [0.15, 0.2) is 49.6 Å². The molecule has 0 N–H and O–H groups in total. The molecule has 0 saturated heterocycles. The van der Waals surface area contributed by atoms with E-state index < -0.39 is 0 Å². The molecule has 1 unspecified atom stereocenters. The van der Waals surface area contributed by atoms with Crippen molar-refractivity contribution in [3.8, 4) is 0 Å². The van der Waals surface area contributed by atoms with E-state index in [9.17, 15) is 0 Å². The van der Waals surface area contributed by atoms with Crippen LogP contribution in [0.25, 0.3) is 0 Å². The SMILES string of the molecule is C=CCC1c2ccccc2C=[N+]1CC=C. The minimum absolute atomic E-state index is 0.441. The molecule has 1 heteroatoms. The van der Waals surface area contributed by atoms with E-state index in [1.165, 1.54) is 11.1 Å². The number of rotatable bonds is 4. The highest BCUT2D eigenvalue weighted by atomic mass is 15.0. The van der Waals surface area contributed by atoms with Gasteiger partial charge >= 0.3 is 0 Å². The highest BCUT2D eigenvalue weighted by molar-refractivity contribution is 5.80. The Balaban J connectivity index is 2.37. The summed E-state index contributed by atoms with van der Waals surface area (Å²) in [5, 5.41) is 0. The lowest BCUT2D eigenvalue weighted by atomic mass is 10.0. The topological polar surface area (TPSA) is 3.01 Å². The number of nitrogens with zero attached hydrogens (tertiary/aromatic N) is 1. The maximum atomic E-state index is 3.83. The van der Waals surface area contributed by atoms with E-state index in [0.29, 0.717) is 6.04 Å². The third kappa shape index (κ3) is 1.78. The number of hydrogen-bond donors (Lipinski definition) is 0. The molecule has 0 aromatic heterocycles. The Kier molecular flexibility index (Phi) is 2.82. The van der Waals surface area contributed by atoms with Crippen LogP contribution in [0, 0.1) is 0 Å². The lowest BCUT2D eigenvalue weighted by molar-refractivity contribution is -0.553. The van der Waals surface area contributed by atoms with Crippen molar-refractivity contribution in [3.05, 3.63) is 60.7 Å². The van der Waals surface area contributed by atoms with E-state index in [4.69, 9.17) is 0 Å². The zero-order valence-corrected chi connectivity index (χ0v) is 8.89. The Morgan fingerprint density at radius 2 is 2.00 bits per heavy atom. The van der Waals surface area contributed by atoms with Gasteiger partial charge in [0, 0.05) is 17.5 Å². The molecule has 2 rings (SSSR count). The smallest absolute Gasteiger partial charge is 0.182 e.